The van der Waals surface area contributed by atoms with Crippen LogP contribution in [-0.2, 0) is 0 Å². The van der Waals surface area contributed by atoms with Gasteiger partial charge in [-0.15, -0.1) is 0 Å². The van der Waals surface area contributed by atoms with Crippen LogP contribution in [0, 0.1) is 6.92 Å². The average Bonchev–Trinajstić information content (AvgIpc) is 2.40. The maximum absolute atomic E-state index is 12.2. The molecule has 1 aliphatic heterocycles. The molecule has 4 nitrogen and oxygen atoms in total. The van der Waals surface area contributed by atoms with Gasteiger partial charge in [0.2, 0.25) is 0 Å². The van der Waals surface area contributed by atoms with E-state index >= 15 is 0 Å². The summed E-state index contributed by atoms with van der Waals surface area (Å²) >= 11 is 0. The predicted molar refractivity (Wildman–Crippen MR) is 78.2 cm³/mol. The minimum Gasteiger partial charge on any atom is -0.398 e. The molecule has 0 aromatic heterocycles. The number of likely N-dealkylation sites (tertiary alicyclic amines) is 1. The number of hydrogen-bond acceptors (Lipinski definition) is 3. The lowest BCUT2D eigenvalue weighted by Crippen LogP contribution is -2.44. The first-order chi connectivity index (χ1) is 9.09. The van der Waals surface area contributed by atoms with Crippen LogP contribution in [0.2, 0.25) is 0 Å². The zero-order chi connectivity index (χ0) is 13.8. The zero-order valence-electron chi connectivity index (χ0n) is 11.8. The molecule has 3 N–H and O–H groups in total. The Morgan fingerprint density at radius 3 is 3.00 bits per heavy atom. The van der Waals surface area contributed by atoms with Crippen LogP contribution in [0.25, 0.3) is 0 Å². The second-order valence-corrected chi connectivity index (χ2v) is 5.38. The molecule has 1 aromatic carbocycles. The molecular formula is C15H23N3O. The molecule has 0 radical (unpaired) electrons. The number of nitrogens with two attached hydrogens (primary N) is 1. The van der Waals surface area contributed by atoms with Gasteiger partial charge in [0.1, 0.15) is 0 Å². The molecule has 4 heteroatoms. The highest BCUT2D eigenvalue weighted by Crippen LogP contribution is 2.17. The highest BCUT2D eigenvalue weighted by atomic mass is 16.1. The minimum atomic E-state index is -0.0693. The Morgan fingerprint density at radius 2 is 2.26 bits per heavy atom. The molecule has 0 spiro atoms. The quantitative estimate of drug-likeness (QED) is 0.816. The molecule has 1 unspecified atom stereocenters. The van der Waals surface area contributed by atoms with Gasteiger partial charge < -0.3 is 16.0 Å². The fraction of sp³-hybridized carbons (Fsp3) is 0.533. The number of para-hydroxylation sites is 1. The molecular weight excluding hydrogens is 238 g/mol. The second kappa shape index (κ2) is 6.06. The van der Waals surface area contributed by atoms with Gasteiger partial charge in [-0.1, -0.05) is 18.6 Å². The van der Waals surface area contributed by atoms with Crippen molar-refractivity contribution in [2.45, 2.75) is 32.2 Å². The Balaban J connectivity index is 1.95. The van der Waals surface area contributed by atoms with Gasteiger partial charge in [0.15, 0.2) is 0 Å². The van der Waals surface area contributed by atoms with Crippen molar-refractivity contribution in [2.75, 3.05) is 25.9 Å². The predicted octanol–water partition coefficient (Wildman–Crippen LogP) is 1.79. The summed E-state index contributed by atoms with van der Waals surface area (Å²) in [7, 11) is 2.12. The number of rotatable bonds is 3. The lowest BCUT2D eigenvalue weighted by molar-refractivity contribution is 0.0929. The molecule has 1 fully saturated rings. The topological polar surface area (TPSA) is 58.4 Å². The maximum Gasteiger partial charge on any atom is 0.253 e. The van der Waals surface area contributed by atoms with E-state index in [0.717, 1.165) is 18.5 Å². The van der Waals surface area contributed by atoms with Crippen LogP contribution in [-0.4, -0.2) is 37.0 Å². The summed E-state index contributed by atoms with van der Waals surface area (Å²) in [6.45, 7) is 3.73. The van der Waals surface area contributed by atoms with Crippen molar-refractivity contribution >= 4 is 11.6 Å². The molecule has 1 amide bonds. The highest BCUT2D eigenvalue weighted by Gasteiger charge is 2.20. The summed E-state index contributed by atoms with van der Waals surface area (Å²) < 4.78 is 0. The largest absolute Gasteiger partial charge is 0.398 e. The average molecular weight is 261 g/mol. The number of carbonyl (C=O) groups excluding carboxylic acids is 1. The monoisotopic (exact) mass is 261 g/mol. The third kappa shape index (κ3) is 3.26. The molecule has 0 aliphatic carbocycles. The lowest BCUT2D eigenvalue weighted by Gasteiger charge is -2.32. The zero-order valence-corrected chi connectivity index (χ0v) is 11.8. The van der Waals surface area contributed by atoms with Gasteiger partial charge in [-0.2, -0.15) is 0 Å². The number of aryl methyl sites for hydroxylation is 1. The van der Waals surface area contributed by atoms with Gasteiger partial charge in [-0.3, -0.25) is 4.79 Å². The molecule has 1 saturated heterocycles. The first-order valence-corrected chi connectivity index (χ1v) is 6.93. The second-order valence-electron chi connectivity index (χ2n) is 5.38. The van der Waals surface area contributed by atoms with E-state index in [1.54, 1.807) is 6.07 Å². The molecule has 2 rings (SSSR count). The van der Waals surface area contributed by atoms with E-state index in [9.17, 15) is 4.79 Å². The Labute approximate surface area is 115 Å². The number of nitrogen functional groups attached to an aromatic ring is 1. The number of anilines is 1. The number of nitrogens with zero attached hydrogens (tertiary/aromatic N) is 1. The molecule has 104 valence electrons. The fourth-order valence-corrected chi connectivity index (χ4v) is 2.59. The number of carbonyl (C=O) groups is 1. The van der Waals surface area contributed by atoms with E-state index in [4.69, 9.17) is 5.73 Å². The number of nitrogens with one attached hydrogen (secondary N) is 1. The van der Waals surface area contributed by atoms with Crippen LogP contribution in [0.15, 0.2) is 18.2 Å². The Morgan fingerprint density at radius 1 is 1.47 bits per heavy atom. The summed E-state index contributed by atoms with van der Waals surface area (Å²) in [5.74, 6) is -0.0693. The smallest absolute Gasteiger partial charge is 0.253 e. The number of hydrogen-bond donors (Lipinski definition) is 2. The summed E-state index contributed by atoms with van der Waals surface area (Å²) in [5, 5.41) is 3.01. The highest BCUT2D eigenvalue weighted by molar-refractivity contribution is 5.99. The number of benzene rings is 1. The van der Waals surface area contributed by atoms with Crippen molar-refractivity contribution in [1.82, 2.24) is 10.2 Å². The summed E-state index contributed by atoms with van der Waals surface area (Å²) in [6, 6.07) is 6.01. The first kappa shape index (κ1) is 13.9. The van der Waals surface area contributed by atoms with Gasteiger partial charge in [-0.25, -0.2) is 0 Å². The van der Waals surface area contributed by atoms with Gasteiger partial charge >= 0.3 is 0 Å². The van der Waals surface area contributed by atoms with E-state index < -0.39 is 0 Å². The Bertz CT molecular complexity index is 459. The van der Waals surface area contributed by atoms with E-state index in [-0.39, 0.29) is 5.91 Å². The van der Waals surface area contributed by atoms with Crippen LogP contribution < -0.4 is 11.1 Å². The number of amides is 1. The van der Waals surface area contributed by atoms with Crippen LogP contribution in [0.4, 0.5) is 5.69 Å². The molecule has 1 atom stereocenters. The maximum atomic E-state index is 12.2. The van der Waals surface area contributed by atoms with E-state index in [0.29, 0.717) is 23.8 Å². The van der Waals surface area contributed by atoms with Gasteiger partial charge in [0.05, 0.1) is 5.56 Å². The van der Waals surface area contributed by atoms with Crippen LogP contribution in [0.5, 0.6) is 0 Å². The SMILES string of the molecule is Cc1cccc(C(=O)NCC2CCCCN2C)c1N. The summed E-state index contributed by atoms with van der Waals surface area (Å²) in [5.41, 5.74) is 8.06. The standard InChI is InChI=1S/C15H23N3O/c1-11-6-5-8-13(14(11)16)15(19)17-10-12-7-3-4-9-18(12)2/h5-6,8,12H,3-4,7,9-10,16H2,1-2H3,(H,17,19). The minimum absolute atomic E-state index is 0.0693. The van der Waals surface area contributed by atoms with Gasteiger partial charge in [0.25, 0.3) is 5.91 Å². The molecule has 1 heterocycles. The van der Waals surface area contributed by atoms with E-state index in [1.165, 1.54) is 12.8 Å². The normalized spacial score (nSPS) is 20.2. The summed E-state index contributed by atoms with van der Waals surface area (Å²) in [4.78, 5) is 14.5. The number of piperidine rings is 1. The van der Waals surface area contributed by atoms with Crippen molar-refractivity contribution in [3.63, 3.8) is 0 Å². The van der Waals surface area contributed by atoms with Crippen molar-refractivity contribution < 1.29 is 4.79 Å². The van der Waals surface area contributed by atoms with Gasteiger partial charge in [-0.05, 0) is 45.0 Å². The van der Waals surface area contributed by atoms with Crippen molar-refractivity contribution in [3.05, 3.63) is 29.3 Å². The van der Waals surface area contributed by atoms with Crippen LogP contribution in [0.3, 0.4) is 0 Å². The fourth-order valence-electron chi connectivity index (χ4n) is 2.59. The Kier molecular flexibility index (Phi) is 4.43. The molecule has 0 bridgehead atoms. The van der Waals surface area contributed by atoms with Crippen molar-refractivity contribution in [1.29, 1.82) is 0 Å². The van der Waals surface area contributed by atoms with E-state index in [2.05, 4.69) is 17.3 Å². The third-order valence-electron chi connectivity index (χ3n) is 3.99. The molecule has 1 aliphatic rings. The van der Waals surface area contributed by atoms with Crippen molar-refractivity contribution in [2.24, 2.45) is 0 Å². The van der Waals surface area contributed by atoms with Crippen LogP contribution in [0.1, 0.15) is 35.2 Å². The Hall–Kier alpha value is -1.55. The van der Waals surface area contributed by atoms with Gasteiger partial charge in [0, 0.05) is 18.3 Å². The van der Waals surface area contributed by atoms with Crippen LogP contribution >= 0.6 is 0 Å². The third-order valence-corrected chi connectivity index (χ3v) is 3.99. The van der Waals surface area contributed by atoms with E-state index in [1.807, 2.05) is 19.1 Å². The lowest BCUT2D eigenvalue weighted by atomic mass is 10.0. The molecule has 0 saturated carbocycles. The molecule has 19 heavy (non-hydrogen) atoms. The summed E-state index contributed by atoms with van der Waals surface area (Å²) in [6.07, 6.45) is 3.66. The number of likely N-dealkylation sites (N-methyl/N-ethyl adjacent to an activating group) is 1. The molecule has 1 aromatic rings. The van der Waals surface area contributed by atoms with Crippen molar-refractivity contribution in [3.8, 4) is 0 Å². The first-order valence-electron chi connectivity index (χ1n) is 6.93.